The summed E-state index contributed by atoms with van der Waals surface area (Å²) in [7, 11) is 1.77. The van der Waals surface area contributed by atoms with Crippen molar-refractivity contribution in [2.24, 2.45) is 5.41 Å². The Kier molecular flexibility index (Phi) is 3.85. The molecule has 18 heavy (non-hydrogen) atoms. The molecular weight excluding hydrogens is 250 g/mol. The molecule has 0 bridgehead atoms. The molecule has 2 unspecified atom stereocenters. The molecule has 100 valence electrons. The molecular formula is C14H20ClNO2. The third-order valence-electron chi connectivity index (χ3n) is 4.03. The predicted octanol–water partition coefficient (Wildman–Crippen LogP) is 2.95. The van der Waals surface area contributed by atoms with Crippen LogP contribution in [0.2, 0.25) is 5.02 Å². The summed E-state index contributed by atoms with van der Waals surface area (Å²) in [6.07, 6.45) is 1.37. The van der Waals surface area contributed by atoms with E-state index in [4.69, 9.17) is 16.3 Å². The van der Waals surface area contributed by atoms with Gasteiger partial charge in [0.25, 0.3) is 0 Å². The lowest BCUT2D eigenvalue weighted by Gasteiger charge is -2.51. The van der Waals surface area contributed by atoms with Crippen molar-refractivity contribution in [3.63, 3.8) is 0 Å². The standard InChI is InChI=1S/C14H20ClNO2/c1-14(2)12(7-13(14)18-3)16-8-9-4-5-11(17)10(15)6-9/h4-6,12-13,16-17H,7-8H2,1-3H3. The highest BCUT2D eigenvalue weighted by Gasteiger charge is 2.48. The zero-order valence-electron chi connectivity index (χ0n) is 11.0. The van der Waals surface area contributed by atoms with Crippen LogP contribution in [0.4, 0.5) is 0 Å². The maximum atomic E-state index is 9.36. The monoisotopic (exact) mass is 269 g/mol. The van der Waals surface area contributed by atoms with Gasteiger partial charge >= 0.3 is 0 Å². The lowest BCUT2D eigenvalue weighted by molar-refractivity contribution is -0.0979. The lowest BCUT2D eigenvalue weighted by Crippen LogP contribution is -2.60. The third kappa shape index (κ3) is 2.48. The van der Waals surface area contributed by atoms with Gasteiger partial charge in [0.1, 0.15) is 5.75 Å². The first-order chi connectivity index (χ1) is 8.45. The Balaban J connectivity index is 1.91. The second-order valence-corrected chi connectivity index (χ2v) is 5.91. The van der Waals surface area contributed by atoms with E-state index in [2.05, 4.69) is 19.2 Å². The van der Waals surface area contributed by atoms with Crippen LogP contribution in [0.15, 0.2) is 18.2 Å². The largest absolute Gasteiger partial charge is 0.506 e. The number of ether oxygens (including phenoxy) is 1. The van der Waals surface area contributed by atoms with Crippen LogP contribution in [0.1, 0.15) is 25.8 Å². The van der Waals surface area contributed by atoms with Gasteiger partial charge in [-0.3, -0.25) is 0 Å². The summed E-state index contributed by atoms with van der Waals surface area (Å²) in [6.45, 7) is 5.18. The van der Waals surface area contributed by atoms with E-state index >= 15 is 0 Å². The molecule has 0 heterocycles. The number of rotatable bonds is 4. The van der Waals surface area contributed by atoms with Crippen molar-refractivity contribution in [3.8, 4) is 5.75 Å². The van der Waals surface area contributed by atoms with Gasteiger partial charge in [-0.1, -0.05) is 31.5 Å². The van der Waals surface area contributed by atoms with E-state index in [1.165, 1.54) is 0 Å². The molecule has 2 rings (SSSR count). The number of phenolic OH excluding ortho intramolecular Hbond substituents is 1. The van der Waals surface area contributed by atoms with Crippen LogP contribution < -0.4 is 5.32 Å². The molecule has 0 saturated heterocycles. The molecule has 1 aromatic rings. The number of benzene rings is 1. The molecule has 1 fully saturated rings. The van der Waals surface area contributed by atoms with Crippen LogP contribution in [0, 0.1) is 5.41 Å². The van der Waals surface area contributed by atoms with Crippen molar-refractivity contribution in [2.45, 2.75) is 39.0 Å². The second kappa shape index (κ2) is 5.08. The summed E-state index contributed by atoms with van der Waals surface area (Å²) in [5.74, 6) is 0.129. The van der Waals surface area contributed by atoms with Gasteiger partial charge in [0.15, 0.2) is 0 Å². The van der Waals surface area contributed by atoms with Crippen LogP contribution in [0.3, 0.4) is 0 Å². The Labute approximate surface area is 113 Å². The van der Waals surface area contributed by atoms with E-state index in [1.807, 2.05) is 6.07 Å². The van der Waals surface area contributed by atoms with Crippen molar-refractivity contribution in [1.29, 1.82) is 0 Å². The molecule has 4 heteroatoms. The molecule has 1 aromatic carbocycles. The minimum atomic E-state index is 0.129. The summed E-state index contributed by atoms with van der Waals surface area (Å²) in [4.78, 5) is 0. The van der Waals surface area contributed by atoms with Crippen LogP contribution in [-0.4, -0.2) is 24.4 Å². The van der Waals surface area contributed by atoms with E-state index in [9.17, 15) is 5.11 Å². The zero-order valence-corrected chi connectivity index (χ0v) is 11.8. The fraction of sp³-hybridized carbons (Fsp3) is 0.571. The summed E-state index contributed by atoms with van der Waals surface area (Å²) in [5.41, 5.74) is 1.24. The van der Waals surface area contributed by atoms with E-state index < -0.39 is 0 Å². The average Bonchev–Trinajstić information content (AvgIpc) is 2.32. The first-order valence-corrected chi connectivity index (χ1v) is 6.56. The second-order valence-electron chi connectivity index (χ2n) is 5.50. The van der Waals surface area contributed by atoms with Crippen LogP contribution in [-0.2, 0) is 11.3 Å². The molecule has 1 aliphatic rings. The van der Waals surface area contributed by atoms with Crippen molar-refractivity contribution >= 4 is 11.6 Å². The van der Waals surface area contributed by atoms with E-state index in [0.29, 0.717) is 17.2 Å². The van der Waals surface area contributed by atoms with Gasteiger partial charge in [-0.25, -0.2) is 0 Å². The van der Waals surface area contributed by atoms with Crippen LogP contribution in [0.5, 0.6) is 5.75 Å². The summed E-state index contributed by atoms with van der Waals surface area (Å²) in [5, 5.41) is 13.3. The Bertz CT molecular complexity index is 434. The number of hydrogen-bond donors (Lipinski definition) is 2. The highest BCUT2D eigenvalue weighted by molar-refractivity contribution is 6.32. The van der Waals surface area contributed by atoms with Gasteiger partial charge in [0.05, 0.1) is 11.1 Å². The topological polar surface area (TPSA) is 41.5 Å². The number of methoxy groups -OCH3 is 1. The smallest absolute Gasteiger partial charge is 0.134 e. The van der Waals surface area contributed by atoms with Crippen molar-refractivity contribution in [1.82, 2.24) is 5.32 Å². The van der Waals surface area contributed by atoms with Gasteiger partial charge < -0.3 is 15.2 Å². The molecule has 1 aliphatic carbocycles. The van der Waals surface area contributed by atoms with E-state index in [0.717, 1.165) is 18.5 Å². The Morgan fingerprint density at radius 2 is 2.22 bits per heavy atom. The van der Waals surface area contributed by atoms with Crippen LogP contribution in [0.25, 0.3) is 0 Å². The number of hydrogen-bond acceptors (Lipinski definition) is 3. The molecule has 3 nitrogen and oxygen atoms in total. The number of aromatic hydroxyl groups is 1. The minimum absolute atomic E-state index is 0.129. The van der Waals surface area contributed by atoms with E-state index in [-0.39, 0.29) is 11.2 Å². The molecule has 0 amide bonds. The zero-order chi connectivity index (χ0) is 13.3. The van der Waals surface area contributed by atoms with E-state index in [1.54, 1.807) is 19.2 Å². The highest BCUT2D eigenvalue weighted by atomic mass is 35.5. The Morgan fingerprint density at radius 1 is 1.50 bits per heavy atom. The third-order valence-corrected chi connectivity index (χ3v) is 4.33. The van der Waals surface area contributed by atoms with Gasteiger partial charge in [-0.15, -0.1) is 0 Å². The van der Waals surface area contributed by atoms with Gasteiger partial charge in [-0.05, 0) is 24.1 Å². The fourth-order valence-electron chi connectivity index (χ4n) is 2.53. The molecule has 0 radical (unpaired) electrons. The molecule has 2 atom stereocenters. The minimum Gasteiger partial charge on any atom is -0.506 e. The molecule has 2 N–H and O–H groups in total. The van der Waals surface area contributed by atoms with Crippen LogP contribution >= 0.6 is 11.6 Å². The Hall–Kier alpha value is -0.770. The molecule has 0 aliphatic heterocycles. The van der Waals surface area contributed by atoms with Gasteiger partial charge in [0.2, 0.25) is 0 Å². The number of halogens is 1. The summed E-state index contributed by atoms with van der Waals surface area (Å²) < 4.78 is 5.42. The van der Waals surface area contributed by atoms with Crippen molar-refractivity contribution < 1.29 is 9.84 Å². The molecule has 0 aromatic heterocycles. The highest BCUT2D eigenvalue weighted by Crippen LogP contribution is 2.42. The molecule has 1 saturated carbocycles. The lowest BCUT2D eigenvalue weighted by atomic mass is 9.64. The normalized spacial score (nSPS) is 25.8. The van der Waals surface area contributed by atoms with Crippen molar-refractivity contribution in [3.05, 3.63) is 28.8 Å². The quantitative estimate of drug-likeness (QED) is 0.883. The van der Waals surface area contributed by atoms with Crippen molar-refractivity contribution in [2.75, 3.05) is 7.11 Å². The average molecular weight is 270 g/mol. The predicted molar refractivity (Wildman–Crippen MR) is 72.9 cm³/mol. The fourth-order valence-corrected chi connectivity index (χ4v) is 2.74. The van der Waals surface area contributed by atoms with Gasteiger partial charge in [-0.2, -0.15) is 0 Å². The summed E-state index contributed by atoms with van der Waals surface area (Å²) in [6, 6.07) is 5.76. The first-order valence-electron chi connectivity index (χ1n) is 6.18. The SMILES string of the molecule is COC1CC(NCc2ccc(O)c(Cl)c2)C1(C)C. The maximum absolute atomic E-state index is 9.36. The number of phenols is 1. The first kappa shape index (κ1) is 13.7. The summed E-state index contributed by atoms with van der Waals surface area (Å²) >= 11 is 5.88. The Morgan fingerprint density at radius 3 is 2.78 bits per heavy atom. The maximum Gasteiger partial charge on any atom is 0.134 e. The molecule has 0 spiro atoms. The van der Waals surface area contributed by atoms with Gasteiger partial charge in [0, 0.05) is 25.1 Å². The number of nitrogens with one attached hydrogen (secondary N) is 1.